The van der Waals surface area contributed by atoms with Crippen molar-refractivity contribution >= 4 is 41.1 Å². The third-order valence-corrected chi connectivity index (χ3v) is 7.45. The number of aromatic nitrogens is 2. The fourth-order valence-corrected chi connectivity index (χ4v) is 5.10. The van der Waals surface area contributed by atoms with E-state index in [0.717, 1.165) is 22.2 Å². The van der Waals surface area contributed by atoms with Gasteiger partial charge in [0.05, 0.1) is 28.9 Å². The fourth-order valence-electron chi connectivity index (χ4n) is 4.67. The molecule has 0 aliphatic carbocycles. The number of carbonyl (C=O) groups excluding carboxylic acids is 2. The topological polar surface area (TPSA) is 72.0 Å². The molecule has 2 aromatic carbocycles. The van der Waals surface area contributed by atoms with Gasteiger partial charge in [0.1, 0.15) is 18.2 Å². The molecule has 38 heavy (non-hydrogen) atoms. The smallest absolute Gasteiger partial charge is 0.436 e. The monoisotopic (exact) mass is 569 g/mol. The number of methoxy groups -OCH3 is 1. The molecule has 12 heteroatoms. The molecule has 0 saturated carbocycles. The van der Waals surface area contributed by atoms with Crippen LogP contribution in [-0.4, -0.2) is 64.5 Å². The minimum atomic E-state index is -4.74. The van der Waals surface area contributed by atoms with Gasteiger partial charge < -0.3 is 14.5 Å². The first-order valence-electron chi connectivity index (χ1n) is 11.8. The number of hydrogen-bond donors (Lipinski definition) is 0. The number of nitrogens with zero attached hydrogens (tertiary/aromatic N) is 4. The molecule has 1 aromatic heterocycles. The molecule has 3 aromatic rings. The highest BCUT2D eigenvalue weighted by atomic mass is 35.5. The van der Waals surface area contributed by atoms with Gasteiger partial charge in [-0.05, 0) is 24.6 Å². The Balaban J connectivity index is 1.66. The average Bonchev–Trinajstić information content (AvgIpc) is 3.19. The lowest BCUT2D eigenvalue weighted by molar-refractivity contribution is -0.142. The standard InChI is InChI=1S/C26H25Cl2F3N4O3/c1-16-24(28)25(26(29,30)31)32-35(16)14-23(37)34-11-10-33(18-8-9-20(27)22(12-18)38-2)13-21(34)19(15-36)17-6-4-3-5-7-17/h3-9,12,15,19,21H,10-11,13-14H2,1-2H3/p+1. The zero-order chi connectivity index (χ0) is 27.6. The van der Waals surface area contributed by atoms with Gasteiger partial charge in [-0.2, -0.15) is 18.3 Å². The third-order valence-electron chi connectivity index (χ3n) is 6.69. The Morgan fingerprint density at radius 1 is 1.21 bits per heavy atom. The number of benzene rings is 2. The average molecular weight is 570 g/mol. The Labute approximate surface area is 227 Å². The summed E-state index contributed by atoms with van der Waals surface area (Å²) in [5.41, 5.74) is 0.418. The molecule has 1 aliphatic heterocycles. The van der Waals surface area contributed by atoms with Crippen LogP contribution in [0.15, 0.2) is 48.5 Å². The second-order valence-corrected chi connectivity index (χ2v) is 9.69. The number of amides is 1. The Morgan fingerprint density at radius 3 is 2.53 bits per heavy atom. The quantitative estimate of drug-likeness (QED) is 0.289. The van der Waals surface area contributed by atoms with Gasteiger partial charge in [-0.1, -0.05) is 53.5 Å². The van der Waals surface area contributed by atoms with E-state index in [2.05, 4.69) is 5.10 Å². The van der Waals surface area contributed by atoms with Crippen molar-refractivity contribution in [1.29, 1.82) is 0 Å². The fraction of sp³-hybridized carbons (Fsp3) is 0.346. The van der Waals surface area contributed by atoms with E-state index in [1.807, 2.05) is 41.3 Å². The van der Waals surface area contributed by atoms with E-state index >= 15 is 0 Å². The van der Waals surface area contributed by atoms with Crippen LogP contribution >= 0.6 is 23.2 Å². The molecule has 0 radical (unpaired) electrons. The molecule has 1 N–H and O–H groups in total. The molecule has 0 bridgehead atoms. The van der Waals surface area contributed by atoms with Crippen LogP contribution in [0.2, 0.25) is 10.0 Å². The third kappa shape index (κ3) is 5.61. The maximum atomic E-state index is 13.5. The Hall–Kier alpha value is -3.24. The Morgan fingerprint density at radius 2 is 1.92 bits per heavy atom. The SMILES string of the molecule is COc1cc(N2CCN(C(=O)Cn3nc(C(F)(F)F)c(Cl)c3C)C(C(C=[OH+])c3ccccc3)C2)ccc1Cl. The first-order valence-corrected chi connectivity index (χ1v) is 12.5. The summed E-state index contributed by atoms with van der Waals surface area (Å²) in [5.74, 6) is -0.508. The lowest BCUT2D eigenvalue weighted by atomic mass is 9.89. The van der Waals surface area contributed by atoms with E-state index in [1.165, 1.54) is 14.0 Å². The van der Waals surface area contributed by atoms with Crippen LogP contribution in [0, 0.1) is 6.92 Å². The summed E-state index contributed by atoms with van der Waals surface area (Å²) in [6.45, 7) is 1.98. The molecule has 2 heterocycles. The summed E-state index contributed by atoms with van der Waals surface area (Å²) >= 11 is 12.1. The van der Waals surface area contributed by atoms with E-state index < -0.39 is 41.3 Å². The molecule has 7 nitrogen and oxygen atoms in total. The molecular formula is C26H26Cl2F3N4O3+. The minimum Gasteiger partial charge on any atom is -0.495 e. The van der Waals surface area contributed by atoms with Crippen molar-refractivity contribution in [2.45, 2.75) is 31.6 Å². The van der Waals surface area contributed by atoms with Crippen LogP contribution in [0.3, 0.4) is 0 Å². The number of ether oxygens (including phenoxy) is 1. The number of hydrogen-bond acceptors (Lipinski definition) is 4. The Bertz CT molecular complexity index is 1320. The van der Waals surface area contributed by atoms with E-state index in [9.17, 15) is 22.8 Å². The molecule has 1 amide bonds. The molecule has 1 aliphatic rings. The number of piperazine rings is 1. The predicted octanol–water partition coefficient (Wildman–Crippen LogP) is 5.20. The van der Waals surface area contributed by atoms with Crippen LogP contribution in [0.4, 0.5) is 18.9 Å². The summed E-state index contributed by atoms with van der Waals surface area (Å²) in [5, 5.41) is 3.50. The summed E-state index contributed by atoms with van der Waals surface area (Å²) in [6, 6.07) is 14.0. The summed E-state index contributed by atoms with van der Waals surface area (Å²) in [4.78, 5) is 27.4. The lowest BCUT2D eigenvalue weighted by Crippen LogP contribution is -2.58. The normalized spacial score (nSPS) is 16.9. The van der Waals surface area contributed by atoms with Gasteiger partial charge in [-0.3, -0.25) is 14.3 Å². The molecular weight excluding hydrogens is 544 g/mol. The van der Waals surface area contributed by atoms with E-state index in [1.54, 1.807) is 17.0 Å². The predicted molar refractivity (Wildman–Crippen MR) is 140 cm³/mol. The molecule has 2 atom stereocenters. The molecule has 1 saturated heterocycles. The van der Waals surface area contributed by atoms with Crippen molar-refractivity contribution < 1.29 is 27.5 Å². The van der Waals surface area contributed by atoms with Gasteiger partial charge in [-0.15, -0.1) is 0 Å². The summed E-state index contributed by atoms with van der Waals surface area (Å²) in [7, 11) is 1.52. The van der Waals surface area contributed by atoms with E-state index in [-0.39, 0.29) is 12.2 Å². The van der Waals surface area contributed by atoms with Gasteiger partial charge >= 0.3 is 6.18 Å². The second-order valence-electron chi connectivity index (χ2n) is 8.91. The first kappa shape index (κ1) is 27.8. The van der Waals surface area contributed by atoms with Crippen molar-refractivity contribution in [3.05, 3.63) is 75.5 Å². The summed E-state index contributed by atoms with van der Waals surface area (Å²) < 4.78 is 46.2. The highest BCUT2D eigenvalue weighted by molar-refractivity contribution is 6.32. The van der Waals surface area contributed by atoms with Gasteiger partial charge in [0, 0.05) is 31.4 Å². The zero-order valence-corrected chi connectivity index (χ0v) is 22.1. The number of rotatable bonds is 7. The zero-order valence-electron chi connectivity index (χ0n) is 20.6. The number of anilines is 1. The number of carbonyl (C=O) groups is 1. The largest absolute Gasteiger partial charge is 0.495 e. The van der Waals surface area contributed by atoms with Gasteiger partial charge in [-0.25, -0.2) is 0 Å². The molecule has 4 rings (SSSR count). The molecule has 1 fully saturated rings. The van der Waals surface area contributed by atoms with Crippen molar-refractivity contribution in [3.63, 3.8) is 0 Å². The van der Waals surface area contributed by atoms with Gasteiger partial charge in [0.15, 0.2) is 5.69 Å². The van der Waals surface area contributed by atoms with Crippen molar-refractivity contribution in [3.8, 4) is 5.75 Å². The molecule has 0 spiro atoms. The van der Waals surface area contributed by atoms with Crippen LogP contribution < -0.4 is 9.64 Å². The van der Waals surface area contributed by atoms with Crippen molar-refractivity contribution in [1.82, 2.24) is 14.7 Å². The van der Waals surface area contributed by atoms with Crippen LogP contribution in [0.25, 0.3) is 0 Å². The van der Waals surface area contributed by atoms with Crippen LogP contribution in [0.1, 0.15) is 22.9 Å². The second kappa shape index (κ2) is 11.2. The number of alkyl halides is 3. The summed E-state index contributed by atoms with van der Waals surface area (Å²) in [6.07, 6.45) is -3.70. The van der Waals surface area contributed by atoms with Crippen LogP contribution in [-0.2, 0) is 17.5 Å². The van der Waals surface area contributed by atoms with Gasteiger partial charge in [0.25, 0.3) is 6.29 Å². The highest BCUT2D eigenvalue weighted by Gasteiger charge is 2.41. The minimum absolute atomic E-state index is 0.0455. The lowest BCUT2D eigenvalue weighted by Gasteiger charge is -2.44. The van der Waals surface area contributed by atoms with Gasteiger partial charge in [0.2, 0.25) is 5.91 Å². The van der Waals surface area contributed by atoms with Crippen LogP contribution in [0.5, 0.6) is 5.75 Å². The van der Waals surface area contributed by atoms with E-state index in [0.29, 0.717) is 23.9 Å². The number of aldehydes is 1. The van der Waals surface area contributed by atoms with Crippen molar-refractivity contribution in [2.24, 2.45) is 0 Å². The first-order chi connectivity index (χ1) is 18.0. The maximum Gasteiger partial charge on any atom is 0.436 e. The molecule has 2 unspecified atom stereocenters. The van der Waals surface area contributed by atoms with E-state index in [4.69, 9.17) is 27.9 Å². The Kier molecular flexibility index (Phi) is 8.22. The maximum absolute atomic E-state index is 13.5. The van der Waals surface area contributed by atoms with Crippen molar-refractivity contribution in [2.75, 3.05) is 31.6 Å². The highest BCUT2D eigenvalue weighted by Crippen LogP contribution is 2.36. The molecule has 202 valence electrons. The number of halogens is 5.